The molecule has 3 aromatic heterocycles. The summed E-state index contributed by atoms with van der Waals surface area (Å²) in [5.41, 5.74) is 14.2. The molecule has 0 radical (unpaired) electrons. The van der Waals surface area contributed by atoms with Gasteiger partial charge in [0.1, 0.15) is 11.2 Å². The second-order valence-corrected chi connectivity index (χ2v) is 15.6. The van der Waals surface area contributed by atoms with Crippen LogP contribution >= 0.6 is 0 Å². The summed E-state index contributed by atoms with van der Waals surface area (Å²) < 4.78 is 8.88. The van der Waals surface area contributed by atoms with Gasteiger partial charge in [-0.25, -0.2) is 15.0 Å². The summed E-state index contributed by atoms with van der Waals surface area (Å²) >= 11 is 0. The summed E-state index contributed by atoms with van der Waals surface area (Å²) in [6, 6.07) is 76.4. The second kappa shape index (κ2) is 14.7. The topological polar surface area (TPSA) is 56.7 Å². The summed E-state index contributed by atoms with van der Waals surface area (Å²) in [5, 5.41) is 4.49. The Morgan fingerprint density at radius 1 is 0.290 bits per heavy atom. The Balaban J connectivity index is 1.18. The van der Waals surface area contributed by atoms with E-state index in [2.05, 4.69) is 174 Å². The van der Waals surface area contributed by atoms with Crippen LogP contribution in [-0.2, 0) is 0 Å². The molecule has 12 rings (SSSR count). The van der Waals surface area contributed by atoms with Crippen molar-refractivity contribution in [2.45, 2.75) is 0 Å². The first-order valence-corrected chi connectivity index (χ1v) is 20.8. The average Bonchev–Trinajstić information content (AvgIpc) is 3.88. The van der Waals surface area contributed by atoms with E-state index in [-0.39, 0.29) is 0 Å². The van der Waals surface area contributed by atoms with Crippen molar-refractivity contribution in [1.82, 2.24) is 19.5 Å². The van der Waals surface area contributed by atoms with Crippen LogP contribution in [0.25, 0.3) is 117 Å². The quantitative estimate of drug-likeness (QED) is 0.161. The van der Waals surface area contributed by atoms with Gasteiger partial charge in [0, 0.05) is 44.3 Å². The normalized spacial score (nSPS) is 11.5. The van der Waals surface area contributed by atoms with Gasteiger partial charge in [-0.1, -0.05) is 176 Å². The van der Waals surface area contributed by atoms with E-state index in [1.54, 1.807) is 0 Å². The highest BCUT2D eigenvalue weighted by Crippen LogP contribution is 2.43. The number of benzene rings is 9. The molecule has 290 valence electrons. The predicted molar refractivity (Wildman–Crippen MR) is 254 cm³/mol. The highest BCUT2D eigenvalue weighted by Gasteiger charge is 2.22. The Morgan fingerprint density at radius 2 is 0.839 bits per heavy atom. The largest absolute Gasteiger partial charge is 0.456 e. The lowest BCUT2D eigenvalue weighted by Gasteiger charge is -2.18. The zero-order valence-electron chi connectivity index (χ0n) is 33.5. The maximum absolute atomic E-state index is 6.53. The number of aromatic nitrogens is 4. The van der Waals surface area contributed by atoms with Crippen molar-refractivity contribution in [3.05, 3.63) is 218 Å². The molecule has 0 saturated carbocycles. The first-order valence-electron chi connectivity index (χ1n) is 20.8. The number of furan rings is 1. The molecule has 3 heterocycles. The third kappa shape index (κ3) is 6.06. The summed E-state index contributed by atoms with van der Waals surface area (Å²) in [5.74, 6) is 1.78. The predicted octanol–water partition coefficient (Wildman–Crippen LogP) is 14.9. The molecule has 5 heteroatoms. The highest BCUT2D eigenvalue weighted by atomic mass is 16.3. The van der Waals surface area contributed by atoms with Crippen molar-refractivity contribution in [2.24, 2.45) is 0 Å². The van der Waals surface area contributed by atoms with E-state index in [0.717, 1.165) is 99.5 Å². The first kappa shape index (κ1) is 35.5. The molecule has 0 aliphatic heterocycles. The lowest BCUT2D eigenvalue weighted by atomic mass is 9.90. The molecule has 0 unspecified atom stereocenters. The van der Waals surface area contributed by atoms with Crippen LogP contribution in [0.5, 0.6) is 0 Å². The zero-order valence-corrected chi connectivity index (χ0v) is 33.5. The fourth-order valence-electron chi connectivity index (χ4n) is 8.92. The Labute approximate surface area is 357 Å². The molecule has 0 saturated heterocycles. The lowest BCUT2D eigenvalue weighted by Crippen LogP contribution is -2.04. The molecular weight excluding hydrogens is 757 g/mol. The molecule has 5 nitrogen and oxygen atoms in total. The van der Waals surface area contributed by atoms with Crippen LogP contribution in [0, 0.1) is 0 Å². The molecule has 0 aliphatic carbocycles. The Bertz CT molecular complexity index is 3560. The van der Waals surface area contributed by atoms with E-state index in [9.17, 15) is 0 Å². The van der Waals surface area contributed by atoms with Gasteiger partial charge in [-0.05, 0) is 69.8 Å². The van der Waals surface area contributed by atoms with Crippen LogP contribution in [0.3, 0.4) is 0 Å². The minimum atomic E-state index is 0.575. The summed E-state index contributed by atoms with van der Waals surface area (Å²) in [6.45, 7) is 0. The number of rotatable bonds is 7. The Hall–Kier alpha value is -8.41. The minimum absolute atomic E-state index is 0.575. The molecule has 0 atom stereocenters. The standard InChI is InChI=1S/C57H36N4O/c1-5-17-37(18-6-1)41-29-31-43(38-19-7-2-8-20-38)46(33-41)42-30-32-51(49(34-42)57-59-55(39-21-9-3-10-22-39)58-56(60-57)40-23-11-4-12-24-40)61-50-27-15-13-25-44(50)47-35-48-45-26-14-16-28-53(45)62-54(48)36-52(47)61/h1-36H. The van der Waals surface area contributed by atoms with E-state index in [1.165, 1.54) is 0 Å². The maximum Gasteiger partial charge on any atom is 0.166 e. The molecule has 0 bridgehead atoms. The fraction of sp³-hybridized carbons (Fsp3) is 0. The number of hydrogen-bond acceptors (Lipinski definition) is 4. The molecule has 0 aliphatic rings. The van der Waals surface area contributed by atoms with Gasteiger partial charge in [0.05, 0.1) is 16.7 Å². The SMILES string of the molecule is c1ccc(-c2ccc(-c3ccccc3)c(-c3ccc(-n4c5ccccc5c5cc6c(cc54)oc4ccccc46)c(-c4nc(-c5ccccc5)nc(-c5ccccc5)n4)c3)c2)cc1. The van der Waals surface area contributed by atoms with Crippen molar-refractivity contribution in [3.8, 4) is 73.2 Å². The van der Waals surface area contributed by atoms with Crippen LogP contribution in [0.15, 0.2) is 223 Å². The number of nitrogens with zero attached hydrogens (tertiary/aromatic N) is 4. The zero-order chi connectivity index (χ0) is 41.0. The molecular formula is C57H36N4O. The maximum atomic E-state index is 6.53. The van der Waals surface area contributed by atoms with Crippen molar-refractivity contribution < 1.29 is 4.42 Å². The van der Waals surface area contributed by atoms with Crippen LogP contribution < -0.4 is 0 Å². The van der Waals surface area contributed by atoms with E-state index >= 15 is 0 Å². The van der Waals surface area contributed by atoms with Gasteiger partial charge in [0.2, 0.25) is 0 Å². The summed E-state index contributed by atoms with van der Waals surface area (Å²) in [7, 11) is 0. The van der Waals surface area contributed by atoms with Gasteiger partial charge in [0.15, 0.2) is 17.5 Å². The summed E-state index contributed by atoms with van der Waals surface area (Å²) in [6.07, 6.45) is 0. The van der Waals surface area contributed by atoms with E-state index < -0.39 is 0 Å². The number of fused-ring (bicyclic) bond motifs is 6. The number of hydrogen-bond donors (Lipinski definition) is 0. The smallest absolute Gasteiger partial charge is 0.166 e. The summed E-state index contributed by atoms with van der Waals surface area (Å²) in [4.78, 5) is 15.8. The van der Waals surface area contributed by atoms with Gasteiger partial charge in [-0.15, -0.1) is 0 Å². The van der Waals surface area contributed by atoms with Gasteiger partial charge < -0.3 is 8.98 Å². The second-order valence-electron chi connectivity index (χ2n) is 15.6. The first-order chi connectivity index (χ1) is 30.7. The highest BCUT2D eigenvalue weighted by molar-refractivity contribution is 6.17. The van der Waals surface area contributed by atoms with Gasteiger partial charge in [-0.3, -0.25) is 0 Å². The van der Waals surface area contributed by atoms with Gasteiger partial charge in [0.25, 0.3) is 0 Å². The van der Waals surface area contributed by atoms with Gasteiger partial charge >= 0.3 is 0 Å². The molecule has 9 aromatic carbocycles. The van der Waals surface area contributed by atoms with Crippen molar-refractivity contribution in [3.63, 3.8) is 0 Å². The fourth-order valence-corrected chi connectivity index (χ4v) is 8.92. The van der Waals surface area contributed by atoms with Crippen molar-refractivity contribution in [2.75, 3.05) is 0 Å². The van der Waals surface area contributed by atoms with Crippen molar-refractivity contribution >= 4 is 43.7 Å². The molecule has 0 fully saturated rings. The molecule has 62 heavy (non-hydrogen) atoms. The third-order valence-electron chi connectivity index (χ3n) is 11.9. The van der Waals surface area contributed by atoms with Crippen LogP contribution in [0.1, 0.15) is 0 Å². The van der Waals surface area contributed by atoms with E-state index in [1.807, 2.05) is 48.5 Å². The third-order valence-corrected chi connectivity index (χ3v) is 11.9. The molecule has 0 spiro atoms. The van der Waals surface area contributed by atoms with E-state index in [0.29, 0.717) is 17.5 Å². The average molecular weight is 793 g/mol. The molecule has 12 aromatic rings. The Morgan fingerprint density at radius 3 is 1.53 bits per heavy atom. The molecule has 0 N–H and O–H groups in total. The van der Waals surface area contributed by atoms with Crippen molar-refractivity contribution in [1.29, 1.82) is 0 Å². The van der Waals surface area contributed by atoms with Crippen LogP contribution in [0.2, 0.25) is 0 Å². The van der Waals surface area contributed by atoms with E-state index in [4.69, 9.17) is 19.4 Å². The minimum Gasteiger partial charge on any atom is -0.456 e. The number of para-hydroxylation sites is 2. The Kier molecular flexibility index (Phi) is 8.42. The molecule has 0 amide bonds. The van der Waals surface area contributed by atoms with Gasteiger partial charge in [-0.2, -0.15) is 0 Å². The van der Waals surface area contributed by atoms with Crippen LogP contribution in [0.4, 0.5) is 0 Å². The lowest BCUT2D eigenvalue weighted by molar-refractivity contribution is 0.669. The van der Waals surface area contributed by atoms with Crippen LogP contribution in [-0.4, -0.2) is 19.5 Å². The monoisotopic (exact) mass is 792 g/mol.